The Morgan fingerprint density at radius 2 is 0.698 bits per heavy atom. The van der Waals surface area contributed by atoms with Crippen LogP contribution in [0.1, 0.15) is 16.7 Å². The maximum Gasteiger partial charge on any atom is -0.000139 e. The maximum atomic E-state index is 4.38. The summed E-state index contributed by atoms with van der Waals surface area (Å²) in [7, 11) is 0. The highest BCUT2D eigenvalue weighted by molar-refractivity contribution is 6.29. The van der Waals surface area contributed by atoms with Crippen LogP contribution < -0.4 is 0 Å². The van der Waals surface area contributed by atoms with Gasteiger partial charge in [0.25, 0.3) is 0 Å². The summed E-state index contributed by atoms with van der Waals surface area (Å²) in [6.07, 6.45) is 4.03. The van der Waals surface area contributed by atoms with Crippen molar-refractivity contribution in [1.29, 1.82) is 0 Å². The predicted molar refractivity (Wildman–Crippen MR) is 188 cm³/mol. The predicted octanol–water partition coefficient (Wildman–Crippen LogP) is 12.3. The molecule has 0 aliphatic carbocycles. The fraction of sp³-hybridized carbons (Fsp3) is 0.0233. The van der Waals surface area contributed by atoms with Crippen molar-refractivity contribution in [1.82, 2.24) is 0 Å². The zero-order valence-corrected chi connectivity index (χ0v) is 24.3. The second-order valence-electron chi connectivity index (χ2n) is 11.0. The molecule has 0 unspecified atom stereocenters. The fourth-order valence-corrected chi connectivity index (χ4v) is 6.64. The van der Waals surface area contributed by atoms with Crippen LogP contribution in [-0.2, 0) is 0 Å². The standard InChI is InChI=1S/C43H32/c1-4-34-35(5-2)39(33-27-25-29(3)26-28-33)43-41(32-21-13-8-14-22-32)37-24-16-15-23-36(37)40(31-19-11-7-12-20-31)42(43)38(34)30-17-9-6-10-18-30/h4-28H,1-2H2,3H3. The molecule has 0 heteroatoms. The first-order valence-electron chi connectivity index (χ1n) is 14.8. The Balaban J connectivity index is 1.89. The van der Waals surface area contributed by atoms with E-state index in [2.05, 4.69) is 160 Å². The van der Waals surface area contributed by atoms with E-state index in [0.29, 0.717) is 0 Å². The molecule has 0 nitrogen and oxygen atoms in total. The molecule has 0 saturated carbocycles. The largest absolute Gasteiger partial charge is 0.0984 e. The summed E-state index contributed by atoms with van der Waals surface area (Å²) in [6, 6.07) is 50.2. The van der Waals surface area contributed by atoms with E-state index < -0.39 is 0 Å². The van der Waals surface area contributed by atoms with Crippen LogP contribution in [0.5, 0.6) is 0 Å². The molecule has 0 aliphatic rings. The van der Waals surface area contributed by atoms with Crippen molar-refractivity contribution < 1.29 is 0 Å². The normalized spacial score (nSPS) is 11.1. The van der Waals surface area contributed by atoms with Crippen molar-refractivity contribution in [3.8, 4) is 44.5 Å². The van der Waals surface area contributed by atoms with Crippen LogP contribution in [-0.4, -0.2) is 0 Å². The third-order valence-corrected chi connectivity index (χ3v) is 8.48. The van der Waals surface area contributed by atoms with Crippen molar-refractivity contribution in [3.05, 3.63) is 169 Å². The summed E-state index contributed by atoms with van der Waals surface area (Å²) in [6.45, 7) is 10.9. The van der Waals surface area contributed by atoms with Crippen molar-refractivity contribution in [2.24, 2.45) is 0 Å². The molecule has 7 rings (SSSR count). The third kappa shape index (κ3) is 4.40. The van der Waals surface area contributed by atoms with Gasteiger partial charge in [0.15, 0.2) is 0 Å². The van der Waals surface area contributed by atoms with Crippen molar-refractivity contribution in [2.45, 2.75) is 6.92 Å². The summed E-state index contributed by atoms with van der Waals surface area (Å²) in [5.74, 6) is 0. The minimum absolute atomic E-state index is 1.09. The first-order valence-corrected chi connectivity index (χ1v) is 14.8. The van der Waals surface area contributed by atoms with Gasteiger partial charge in [0, 0.05) is 0 Å². The number of aryl methyl sites for hydroxylation is 1. The molecule has 0 aliphatic heterocycles. The lowest BCUT2D eigenvalue weighted by molar-refractivity contribution is 1.47. The number of hydrogen-bond acceptors (Lipinski definition) is 0. The fourth-order valence-electron chi connectivity index (χ4n) is 6.64. The number of fused-ring (bicyclic) bond motifs is 2. The molecule has 0 aromatic heterocycles. The minimum Gasteiger partial charge on any atom is -0.0984 e. The van der Waals surface area contributed by atoms with Crippen molar-refractivity contribution in [2.75, 3.05) is 0 Å². The molecule has 0 saturated heterocycles. The van der Waals surface area contributed by atoms with Crippen LogP contribution in [0.15, 0.2) is 153 Å². The van der Waals surface area contributed by atoms with Crippen molar-refractivity contribution >= 4 is 33.7 Å². The van der Waals surface area contributed by atoms with Crippen molar-refractivity contribution in [3.63, 3.8) is 0 Å². The molecule has 0 spiro atoms. The van der Waals surface area contributed by atoms with Crippen LogP contribution in [0.25, 0.3) is 78.2 Å². The molecule has 43 heavy (non-hydrogen) atoms. The van der Waals surface area contributed by atoms with Gasteiger partial charge in [-0.2, -0.15) is 0 Å². The summed E-state index contributed by atoms with van der Waals surface area (Å²) >= 11 is 0. The van der Waals surface area contributed by atoms with Gasteiger partial charge in [0.1, 0.15) is 0 Å². The van der Waals surface area contributed by atoms with Gasteiger partial charge in [-0.05, 0) is 84.1 Å². The molecule has 0 radical (unpaired) electrons. The maximum absolute atomic E-state index is 4.38. The van der Waals surface area contributed by atoms with E-state index >= 15 is 0 Å². The smallest absolute Gasteiger partial charge is 0.000139 e. The number of hydrogen-bond donors (Lipinski definition) is 0. The Hall–Kier alpha value is -5.46. The molecule has 0 bridgehead atoms. The quantitative estimate of drug-likeness (QED) is 0.181. The lowest BCUT2D eigenvalue weighted by Gasteiger charge is -2.26. The van der Waals surface area contributed by atoms with Crippen LogP contribution in [0.2, 0.25) is 0 Å². The van der Waals surface area contributed by atoms with Gasteiger partial charge in [-0.15, -0.1) is 0 Å². The zero-order valence-electron chi connectivity index (χ0n) is 24.3. The van der Waals surface area contributed by atoms with Gasteiger partial charge in [-0.3, -0.25) is 0 Å². The first kappa shape index (κ1) is 26.4. The van der Waals surface area contributed by atoms with Crippen LogP contribution in [0.4, 0.5) is 0 Å². The SMILES string of the molecule is C=Cc1c(C=C)c(-c2ccc(C)cc2)c2c(-c3ccccc3)c3ccccc3c(-c3ccccc3)c2c1-c1ccccc1. The highest BCUT2D eigenvalue weighted by Gasteiger charge is 2.26. The van der Waals surface area contributed by atoms with E-state index in [1.165, 1.54) is 66.1 Å². The Bertz CT molecular complexity index is 2120. The summed E-state index contributed by atoms with van der Waals surface area (Å²) < 4.78 is 0. The van der Waals surface area contributed by atoms with Gasteiger partial charge in [-0.25, -0.2) is 0 Å². The Kier molecular flexibility index (Phi) is 6.81. The average molecular weight is 549 g/mol. The zero-order chi connectivity index (χ0) is 29.3. The second kappa shape index (κ2) is 11.1. The highest BCUT2D eigenvalue weighted by atomic mass is 14.3. The van der Waals surface area contributed by atoms with Gasteiger partial charge in [-0.1, -0.05) is 170 Å². The van der Waals surface area contributed by atoms with E-state index in [9.17, 15) is 0 Å². The number of benzene rings is 7. The second-order valence-corrected chi connectivity index (χ2v) is 11.0. The Morgan fingerprint density at radius 3 is 1.07 bits per heavy atom. The molecular formula is C43H32. The molecule has 7 aromatic carbocycles. The van der Waals surface area contributed by atoms with Crippen LogP contribution in [0, 0.1) is 6.92 Å². The van der Waals surface area contributed by atoms with Gasteiger partial charge in [0.2, 0.25) is 0 Å². The molecule has 7 aromatic rings. The van der Waals surface area contributed by atoms with Gasteiger partial charge >= 0.3 is 0 Å². The van der Waals surface area contributed by atoms with Gasteiger partial charge in [0.05, 0.1) is 0 Å². The molecule has 0 amide bonds. The van der Waals surface area contributed by atoms with E-state index in [1.54, 1.807) is 0 Å². The van der Waals surface area contributed by atoms with E-state index in [1.807, 2.05) is 12.2 Å². The topological polar surface area (TPSA) is 0 Å². The lowest BCUT2D eigenvalue weighted by Crippen LogP contribution is -2.01. The molecular weight excluding hydrogens is 516 g/mol. The molecule has 204 valence electrons. The molecule has 0 atom stereocenters. The van der Waals surface area contributed by atoms with E-state index in [-0.39, 0.29) is 0 Å². The summed E-state index contributed by atoms with van der Waals surface area (Å²) in [5.41, 5.74) is 13.0. The highest BCUT2D eigenvalue weighted by Crippen LogP contribution is 2.53. The third-order valence-electron chi connectivity index (χ3n) is 8.48. The summed E-state index contributed by atoms with van der Waals surface area (Å²) in [4.78, 5) is 0. The molecule has 0 heterocycles. The van der Waals surface area contributed by atoms with Crippen LogP contribution >= 0.6 is 0 Å². The van der Waals surface area contributed by atoms with Gasteiger partial charge < -0.3 is 0 Å². The molecule has 0 fully saturated rings. The summed E-state index contributed by atoms with van der Waals surface area (Å²) in [5, 5.41) is 4.92. The van der Waals surface area contributed by atoms with Crippen LogP contribution in [0.3, 0.4) is 0 Å². The first-order chi connectivity index (χ1) is 21.2. The Labute approximate surface area is 253 Å². The van der Waals surface area contributed by atoms with E-state index in [4.69, 9.17) is 0 Å². The Morgan fingerprint density at radius 1 is 0.372 bits per heavy atom. The molecule has 0 N–H and O–H groups in total. The minimum atomic E-state index is 1.09. The van der Waals surface area contributed by atoms with E-state index in [0.717, 1.165) is 16.7 Å². The lowest BCUT2D eigenvalue weighted by atomic mass is 9.76. The monoisotopic (exact) mass is 548 g/mol. The number of rotatable bonds is 6. The average Bonchev–Trinajstić information content (AvgIpc) is 3.07.